The number of hydrogen-bond acceptors (Lipinski definition) is 1. The minimum Gasteiger partial charge on any atom is -0.314 e. The van der Waals surface area contributed by atoms with Crippen molar-refractivity contribution in [3.63, 3.8) is 0 Å². The van der Waals surface area contributed by atoms with Crippen LogP contribution in [0.4, 0.5) is 0 Å². The van der Waals surface area contributed by atoms with Crippen LogP contribution in [-0.2, 0) is 0 Å². The summed E-state index contributed by atoms with van der Waals surface area (Å²) in [5.74, 6) is 2.71. The van der Waals surface area contributed by atoms with Gasteiger partial charge in [-0.1, -0.05) is 41.5 Å². The van der Waals surface area contributed by atoms with Crippen LogP contribution in [0.5, 0.6) is 0 Å². The summed E-state index contributed by atoms with van der Waals surface area (Å²) in [6, 6.07) is 0.776. The molecular weight excluding hydrogens is 242 g/mol. The van der Waals surface area contributed by atoms with E-state index in [1.165, 1.54) is 51.5 Å². The number of rotatable bonds is 7. The van der Waals surface area contributed by atoms with Crippen LogP contribution >= 0.6 is 0 Å². The molecular formula is C19H39N. The molecule has 1 saturated carbocycles. The number of hydrogen-bond donors (Lipinski definition) is 1. The summed E-state index contributed by atoms with van der Waals surface area (Å²) in [5, 5.41) is 3.85. The Morgan fingerprint density at radius 1 is 1.00 bits per heavy atom. The quantitative estimate of drug-likeness (QED) is 0.636. The van der Waals surface area contributed by atoms with E-state index in [1.54, 1.807) is 0 Å². The van der Waals surface area contributed by atoms with Crippen molar-refractivity contribution in [2.45, 2.75) is 92.5 Å². The van der Waals surface area contributed by atoms with Gasteiger partial charge in [-0.05, 0) is 74.7 Å². The van der Waals surface area contributed by atoms with Crippen LogP contribution in [0.3, 0.4) is 0 Å². The van der Waals surface area contributed by atoms with E-state index >= 15 is 0 Å². The van der Waals surface area contributed by atoms with Gasteiger partial charge < -0.3 is 5.32 Å². The van der Waals surface area contributed by atoms with Crippen LogP contribution in [-0.4, -0.2) is 12.6 Å². The topological polar surface area (TPSA) is 12.0 Å². The van der Waals surface area contributed by atoms with Gasteiger partial charge in [-0.2, -0.15) is 0 Å². The van der Waals surface area contributed by atoms with Gasteiger partial charge in [0.05, 0.1) is 0 Å². The van der Waals surface area contributed by atoms with Gasteiger partial charge in [0.2, 0.25) is 0 Å². The molecule has 0 amide bonds. The molecule has 120 valence electrons. The van der Waals surface area contributed by atoms with Crippen LogP contribution < -0.4 is 5.32 Å². The second kappa shape index (κ2) is 8.41. The molecule has 0 heterocycles. The molecule has 0 aromatic heterocycles. The van der Waals surface area contributed by atoms with Gasteiger partial charge in [0.1, 0.15) is 0 Å². The average Bonchev–Trinajstić information content (AvgIpc) is 2.38. The smallest absolute Gasteiger partial charge is 0.00954 e. The van der Waals surface area contributed by atoms with Crippen molar-refractivity contribution in [3.05, 3.63) is 0 Å². The molecule has 1 aliphatic rings. The molecule has 0 saturated heterocycles. The highest BCUT2D eigenvalue weighted by Gasteiger charge is 2.32. The molecule has 0 aromatic rings. The Kier molecular flexibility index (Phi) is 7.58. The van der Waals surface area contributed by atoms with E-state index in [1.807, 2.05) is 0 Å². The van der Waals surface area contributed by atoms with Gasteiger partial charge in [0.15, 0.2) is 0 Å². The third kappa shape index (κ3) is 6.16. The highest BCUT2D eigenvalue weighted by molar-refractivity contribution is 4.86. The molecule has 1 atom stereocenters. The molecule has 1 rings (SSSR count). The zero-order chi connectivity index (χ0) is 15.2. The van der Waals surface area contributed by atoms with Crippen LogP contribution in [0.15, 0.2) is 0 Å². The maximum Gasteiger partial charge on any atom is 0.00954 e. The van der Waals surface area contributed by atoms with E-state index in [9.17, 15) is 0 Å². The van der Waals surface area contributed by atoms with E-state index < -0.39 is 0 Å². The lowest BCUT2D eigenvalue weighted by molar-refractivity contribution is 0.129. The highest BCUT2D eigenvalue weighted by Crippen LogP contribution is 2.41. The Labute approximate surface area is 128 Å². The summed E-state index contributed by atoms with van der Waals surface area (Å²) in [6.45, 7) is 15.4. The van der Waals surface area contributed by atoms with Crippen molar-refractivity contribution in [2.75, 3.05) is 6.54 Å². The molecule has 0 spiro atoms. The fourth-order valence-electron chi connectivity index (χ4n) is 3.73. The van der Waals surface area contributed by atoms with Gasteiger partial charge in [-0.15, -0.1) is 0 Å². The van der Waals surface area contributed by atoms with Crippen molar-refractivity contribution in [1.82, 2.24) is 5.32 Å². The molecule has 0 radical (unpaired) electrons. The van der Waals surface area contributed by atoms with E-state index in [2.05, 4.69) is 46.9 Å². The molecule has 1 nitrogen and oxygen atoms in total. The lowest BCUT2D eigenvalue weighted by atomic mass is 9.68. The molecule has 1 fully saturated rings. The summed E-state index contributed by atoms with van der Waals surface area (Å²) < 4.78 is 0. The van der Waals surface area contributed by atoms with Crippen LogP contribution in [0, 0.1) is 23.2 Å². The lowest BCUT2D eigenvalue weighted by Crippen LogP contribution is -2.40. The lowest BCUT2D eigenvalue weighted by Gasteiger charge is -2.40. The minimum absolute atomic E-state index is 0.509. The normalized spacial score (nSPS) is 25.9. The zero-order valence-electron chi connectivity index (χ0n) is 15.0. The van der Waals surface area contributed by atoms with Crippen molar-refractivity contribution < 1.29 is 0 Å². The summed E-state index contributed by atoms with van der Waals surface area (Å²) in [5.41, 5.74) is 0.509. The molecule has 1 unspecified atom stereocenters. The summed E-state index contributed by atoms with van der Waals surface area (Å²) in [7, 11) is 0. The minimum atomic E-state index is 0.509. The summed E-state index contributed by atoms with van der Waals surface area (Å²) >= 11 is 0. The van der Waals surface area contributed by atoms with Crippen molar-refractivity contribution in [1.29, 1.82) is 0 Å². The van der Waals surface area contributed by atoms with Gasteiger partial charge in [-0.3, -0.25) is 0 Å². The second-order valence-electron chi connectivity index (χ2n) is 8.51. The van der Waals surface area contributed by atoms with E-state index in [0.717, 1.165) is 23.8 Å². The maximum absolute atomic E-state index is 3.85. The summed E-state index contributed by atoms with van der Waals surface area (Å²) in [4.78, 5) is 0. The first-order chi connectivity index (χ1) is 9.34. The van der Waals surface area contributed by atoms with Crippen LogP contribution in [0.25, 0.3) is 0 Å². The molecule has 20 heavy (non-hydrogen) atoms. The predicted octanol–water partition coefficient (Wildman–Crippen LogP) is 5.64. The van der Waals surface area contributed by atoms with Gasteiger partial charge in [0.25, 0.3) is 0 Å². The first-order valence-electron chi connectivity index (χ1n) is 9.08. The van der Waals surface area contributed by atoms with Gasteiger partial charge >= 0.3 is 0 Å². The standard InChI is InChI=1S/C19H39N/c1-7-14-20-18(13-8-15(2)3)16-9-11-17(12-10-16)19(4,5)6/h15-18,20H,7-14H2,1-6H3. The molecule has 1 N–H and O–H groups in total. The van der Waals surface area contributed by atoms with Crippen LogP contribution in [0.2, 0.25) is 0 Å². The SMILES string of the molecule is CCCNC(CCC(C)C)C1CCC(C(C)(C)C)CC1. The van der Waals surface area contributed by atoms with Gasteiger partial charge in [-0.25, -0.2) is 0 Å². The Hall–Kier alpha value is -0.0400. The first-order valence-corrected chi connectivity index (χ1v) is 9.08. The van der Waals surface area contributed by atoms with E-state index in [-0.39, 0.29) is 0 Å². The Morgan fingerprint density at radius 3 is 2.05 bits per heavy atom. The average molecular weight is 282 g/mol. The van der Waals surface area contributed by atoms with Crippen molar-refractivity contribution >= 4 is 0 Å². The van der Waals surface area contributed by atoms with E-state index in [4.69, 9.17) is 0 Å². The van der Waals surface area contributed by atoms with Crippen molar-refractivity contribution in [2.24, 2.45) is 23.2 Å². The molecule has 0 bridgehead atoms. The fraction of sp³-hybridized carbons (Fsp3) is 1.00. The second-order valence-corrected chi connectivity index (χ2v) is 8.51. The molecule has 0 aromatic carbocycles. The monoisotopic (exact) mass is 281 g/mol. The Morgan fingerprint density at radius 2 is 1.60 bits per heavy atom. The largest absolute Gasteiger partial charge is 0.314 e. The Bertz CT molecular complexity index is 243. The molecule has 1 aliphatic carbocycles. The molecule has 1 heteroatoms. The third-order valence-corrected chi connectivity index (χ3v) is 5.28. The van der Waals surface area contributed by atoms with Gasteiger partial charge in [0, 0.05) is 6.04 Å². The Balaban J connectivity index is 2.47. The predicted molar refractivity (Wildman–Crippen MR) is 91.1 cm³/mol. The summed E-state index contributed by atoms with van der Waals surface area (Å²) in [6.07, 6.45) is 9.79. The van der Waals surface area contributed by atoms with E-state index in [0.29, 0.717) is 5.41 Å². The zero-order valence-corrected chi connectivity index (χ0v) is 15.0. The fourth-order valence-corrected chi connectivity index (χ4v) is 3.73. The highest BCUT2D eigenvalue weighted by atomic mass is 14.9. The van der Waals surface area contributed by atoms with Crippen molar-refractivity contribution in [3.8, 4) is 0 Å². The number of nitrogens with one attached hydrogen (secondary N) is 1. The first kappa shape index (κ1) is 18.0. The van der Waals surface area contributed by atoms with Crippen LogP contribution in [0.1, 0.15) is 86.5 Å². The maximum atomic E-state index is 3.85. The third-order valence-electron chi connectivity index (χ3n) is 5.28. The molecule has 0 aliphatic heterocycles.